The van der Waals surface area contributed by atoms with Crippen molar-refractivity contribution in [3.05, 3.63) is 148 Å². The van der Waals surface area contributed by atoms with Gasteiger partial charge in [0.25, 0.3) is 0 Å². The zero-order chi connectivity index (χ0) is 24.7. The summed E-state index contributed by atoms with van der Waals surface area (Å²) in [5.74, 6) is 0. The third-order valence-electron chi connectivity index (χ3n) is 4.66. The highest BCUT2D eigenvalue weighted by Crippen LogP contribution is 2.28. The van der Waals surface area contributed by atoms with Crippen LogP contribution in [-0.4, -0.2) is 0 Å². The van der Waals surface area contributed by atoms with Crippen molar-refractivity contribution < 1.29 is 0 Å². The Morgan fingerprint density at radius 1 is 0.400 bits per heavy atom. The van der Waals surface area contributed by atoms with Crippen LogP contribution in [0.15, 0.2) is 148 Å². The summed E-state index contributed by atoms with van der Waals surface area (Å²) in [5.41, 5.74) is 10.5. The molecule has 0 fully saturated rings. The molecule has 0 radical (unpaired) electrons. The van der Waals surface area contributed by atoms with Crippen LogP contribution in [0.25, 0.3) is 0 Å². The van der Waals surface area contributed by atoms with Gasteiger partial charge < -0.3 is 16.4 Å². The third kappa shape index (κ3) is 9.69. The molecule has 0 bridgehead atoms. The molecule has 0 aliphatic rings. The second-order valence-electron chi connectivity index (χ2n) is 7.35. The fourth-order valence-electron chi connectivity index (χ4n) is 2.95. The number of nitrogens with one attached hydrogen (secondary N) is 2. The predicted molar refractivity (Wildman–Crippen MR) is 159 cm³/mol. The summed E-state index contributed by atoms with van der Waals surface area (Å²) in [6.07, 6.45) is 0. The fourth-order valence-corrected chi connectivity index (χ4v) is 3.52. The first kappa shape index (κ1) is 26.1. The molecule has 176 valence electrons. The van der Waals surface area contributed by atoms with Gasteiger partial charge in [-0.25, -0.2) is 0 Å². The first-order valence-corrected chi connectivity index (χ1v) is 12.6. The van der Waals surface area contributed by atoms with E-state index >= 15 is 0 Å². The summed E-state index contributed by atoms with van der Waals surface area (Å²) in [4.78, 5) is 0. The highest BCUT2D eigenvalue weighted by molar-refractivity contribution is 9.13. The van der Waals surface area contributed by atoms with E-state index in [1.54, 1.807) is 0 Å². The summed E-state index contributed by atoms with van der Waals surface area (Å²) in [7, 11) is 0. The van der Waals surface area contributed by atoms with E-state index < -0.39 is 0 Å². The molecule has 0 unspecified atom stereocenters. The van der Waals surface area contributed by atoms with Crippen LogP contribution >= 0.6 is 31.9 Å². The van der Waals surface area contributed by atoms with Crippen LogP contribution in [0.4, 0.5) is 28.4 Å². The molecule has 0 atom stereocenters. The minimum Gasteiger partial charge on any atom is -0.399 e. The summed E-state index contributed by atoms with van der Waals surface area (Å²) < 4.78 is 2.19. The van der Waals surface area contributed by atoms with Gasteiger partial charge in [-0.3, -0.25) is 0 Å². The Bertz CT molecular complexity index is 1180. The van der Waals surface area contributed by atoms with E-state index in [1.807, 2.05) is 103 Å². The SMILES string of the molecule is Brc1ccccc1Br.Nc1ccccc1.c1ccc(Nc2ccccc2Nc2ccccc2)cc1. The molecule has 0 saturated heterocycles. The van der Waals surface area contributed by atoms with E-state index in [9.17, 15) is 0 Å². The lowest BCUT2D eigenvalue weighted by molar-refractivity contribution is 1.50. The van der Waals surface area contributed by atoms with Gasteiger partial charge in [-0.05, 0) is 92.5 Å². The van der Waals surface area contributed by atoms with Crippen molar-refractivity contribution in [2.24, 2.45) is 0 Å². The van der Waals surface area contributed by atoms with Gasteiger partial charge in [0.15, 0.2) is 0 Å². The van der Waals surface area contributed by atoms with Gasteiger partial charge in [0.1, 0.15) is 0 Å². The van der Waals surface area contributed by atoms with Crippen LogP contribution in [0.2, 0.25) is 0 Å². The first-order chi connectivity index (χ1) is 17.1. The number of para-hydroxylation sites is 5. The van der Waals surface area contributed by atoms with Crippen molar-refractivity contribution in [3.63, 3.8) is 0 Å². The smallest absolute Gasteiger partial charge is 0.0623 e. The highest BCUT2D eigenvalue weighted by Gasteiger charge is 2.02. The molecule has 5 rings (SSSR count). The molecule has 0 spiro atoms. The molecule has 0 aromatic heterocycles. The zero-order valence-corrected chi connectivity index (χ0v) is 22.3. The maximum atomic E-state index is 5.36. The summed E-state index contributed by atoms with van der Waals surface area (Å²) in [5, 5.41) is 6.86. The van der Waals surface area contributed by atoms with Crippen LogP contribution in [-0.2, 0) is 0 Å². The van der Waals surface area contributed by atoms with E-state index in [4.69, 9.17) is 5.73 Å². The standard InChI is InChI=1S/C18H16N2.C6H4Br2.C6H7N/c1-3-9-15(10-4-1)19-17-13-7-8-14-18(17)20-16-11-5-2-6-12-16;7-5-3-1-2-4-6(5)8;7-6-4-2-1-3-5-6/h1-14,19-20H;1-4H;1-5H,7H2. The molecular formula is C30H27Br2N3. The van der Waals surface area contributed by atoms with Crippen LogP contribution < -0.4 is 16.4 Å². The molecule has 0 saturated carbocycles. The van der Waals surface area contributed by atoms with Gasteiger partial charge in [-0.2, -0.15) is 0 Å². The van der Waals surface area contributed by atoms with E-state index in [0.717, 1.165) is 37.4 Å². The fraction of sp³-hybridized carbons (Fsp3) is 0. The van der Waals surface area contributed by atoms with Crippen molar-refractivity contribution in [2.45, 2.75) is 0 Å². The topological polar surface area (TPSA) is 50.1 Å². The van der Waals surface area contributed by atoms with Crippen molar-refractivity contribution >= 4 is 60.3 Å². The van der Waals surface area contributed by atoms with E-state index in [1.165, 1.54) is 0 Å². The molecular weight excluding hydrogens is 562 g/mol. The largest absolute Gasteiger partial charge is 0.399 e. The van der Waals surface area contributed by atoms with Gasteiger partial charge in [-0.15, -0.1) is 0 Å². The van der Waals surface area contributed by atoms with Crippen LogP contribution in [0, 0.1) is 0 Å². The summed E-state index contributed by atoms with van der Waals surface area (Å²) >= 11 is 6.70. The van der Waals surface area contributed by atoms with Crippen LogP contribution in [0.5, 0.6) is 0 Å². The number of halogens is 2. The molecule has 0 heterocycles. The molecule has 3 nitrogen and oxygen atoms in total. The van der Waals surface area contributed by atoms with Crippen LogP contribution in [0.1, 0.15) is 0 Å². The van der Waals surface area contributed by atoms with Crippen molar-refractivity contribution in [1.29, 1.82) is 0 Å². The monoisotopic (exact) mass is 587 g/mol. The molecule has 5 heteroatoms. The highest BCUT2D eigenvalue weighted by atomic mass is 79.9. The average molecular weight is 589 g/mol. The number of nitrogens with two attached hydrogens (primary N) is 1. The van der Waals surface area contributed by atoms with Crippen molar-refractivity contribution in [3.8, 4) is 0 Å². The Labute approximate surface area is 224 Å². The Kier molecular flexibility index (Phi) is 10.9. The molecule has 5 aromatic rings. The lowest BCUT2D eigenvalue weighted by atomic mass is 10.2. The molecule has 0 amide bonds. The third-order valence-corrected chi connectivity index (χ3v) is 6.57. The van der Waals surface area contributed by atoms with Gasteiger partial charge in [0.2, 0.25) is 0 Å². The Hall–Kier alpha value is -3.54. The van der Waals surface area contributed by atoms with E-state index in [2.05, 4.69) is 78.9 Å². The minimum absolute atomic E-state index is 0.822. The normalized spacial score (nSPS) is 9.54. The van der Waals surface area contributed by atoms with E-state index in [-0.39, 0.29) is 0 Å². The second-order valence-corrected chi connectivity index (χ2v) is 9.06. The lowest BCUT2D eigenvalue weighted by Gasteiger charge is -2.13. The molecule has 0 aliphatic carbocycles. The average Bonchev–Trinajstić information content (AvgIpc) is 2.90. The number of anilines is 5. The van der Waals surface area contributed by atoms with Gasteiger partial charge in [0.05, 0.1) is 11.4 Å². The number of nitrogen functional groups attached to an aromatic ring is 1. The van der Waals surface area contributed by atoms with Crippen molar-refractivity contribution in [2.75, 3.05) is 16.4 Å². The quantitative estimate of drug-likeness (QED) is 0.183. The Morgan fingerprint density at radius 3 is 1.03 bits per heavy atom. The number of hydrogen-bond acceptors (Lipinski definition) is 3. The number of benzene rings is 5. The van der Waals surface area contributed by atoms with Gasteiger partial charge in [-0.1, -0.05) is 78.9 Å². The molecule has 0 aliphatic heterocycles. The van der Waals surface area contributed by atoms with Crippen molar-refractivity contribution in [1.82, 2.24) is 0 Å². The predicted octanol–water partition coefficient (Wildman–Crippen LogP) is 9.65. The van der Waals surface area contributed by atoms with E-state index in [0.29, 0.717) is 0 Å². The van der Waals surface area contributed by atoms with Gasteiger partial charge >= 0.3 is 0 Å². The maximum absolute atomic E-state index is 5.36. The summed E-state index contributed by atoms with van der Waals surface area (Å²) in [6.45, 7) is 0. The maximum Gasteiger partial charge on any atom is 0.0623 e. The Balaban J connectivity index is 0.000000186. The molecule has 4 N–H and O–H groups in total. The Morgan fingerprint density at radius 2 is 0.714 bits per heavy atom. The number of rotatable bonds is 4. The first-order valence-electron chi connectivity index (χ1n) is 11.1. The zero-order valence-electron chi connectivity index (χ0n) is 19.1. The second kappa shape index (κ2) is 14.7. The lowest BCUT2D eigenvalue weighted by Crippen LogP contribution is -1.96. The van der Waals surface area contributed by atoms with Gasteiger partial charge in [0, 0.05) is 26.0 Å². The van der Waals surface area contributed by atoms with Crippen LogP contribution in [0.3, 0.4) is 0 Å². The number of hydrogen-bond donors (Lipinski definition) is 3. The summed E-state index contributed by atoms with van der Waals surface area (Å²) in [6, 6.07) is 46.0. The minimum atomic E-state index is 0.822. The molecule has 35 heavy (non-hydrogen) atoms. The molecule has 5 aromatic carbocycles.